The molecular formula is C13H19N5O. The summed E-state index contributed by atoms with van der Waals surface area (Å²) in [5.74, 6) is 0.985. The second-order valence-electron chi connectivity index (χ2n) is 5.06. The molecule has 1 N–H and O–H groups in total. The Morgan fingerprint density at radius 2 is 2.32 bits per heavy atom. The maximum Gasteiger partial charge on any atom is 0.163 e. The summed E-state index contributed by atoms with van der Waals surface area (Å²) in [4.78, 5) is 11.1. The van der Waals surface area contributed by atoms with Crippen molar-refractivity contribution in [3.63, 3.8) is 0 Å². The summed E-state index contributed by atoms with van der Waals surface area (Å²) >= 11 is 0. The van der Waals surface area contributed by atoms with Gasteiger partial charge in [-0.15, -0.1) is 0 Å². The van der Waals surface area contributed by atoms with Gasteiger partial charge in [-0.3, -0.25) is 4.68 Å². The largest absolute Gasteiger partial charge is 0.396 e. The van der Waals surface area contributed by atoms with E-state index in [1.165, 1.54) is 12.8 Å². The van der Waals surface area contributed by atoms with Gasteiger partial charge >= 0.3 is 0 Å². The van der Waals surface area contributed by atoms with Gasteiger partial charge < -0.3 is 10.0 Å². The SMILES string of the molecule is Cn1ncc2c(N3CCCC3CCCO)ncnc21. The lowest BCUT2D eigenvalue weighted by Crippen LogP contribution is -2.30. The van der Waals surface area contributed by atoms with E-state index in [1.54, 1.807) is 11.0 Å². The molecular weight excluding hydrogens is 242 g/mol. The Morgan fingerprint density at radius 1 is 1.42 bits per heavy atom. The number of aryl methyl sites for hydroxylation is 1. The van der Waals surface area contributed by atoms with Crippen molar-refractivity contribution in [1.29, 1.82) is 0 Å². The zero-order chi connectivity index (χ0) is 13.2. The minimum atomic E-state index is 0.260. The first kappa shape index (κ1) is 12.3. The molecule has 102 valence electrons. The molecule has 1 aliphatic rings. The van der Waals surface area contributed by atoms with Gasteiger partial charge in [0.2, 0.25) is 0 Å². The molecule has 0 radical (unpaired) electrons. The zero-order valence-electron chi connectivity index (χ0n) is 11.2. The van der Waals surface area contributed by atoms with Gasteiger partial charge in [0.1, 0.15) is 12.1 Å². The standard InChI is InChI=1S/C13H19N5O/c1-17-12-11(8-16-17)13(15-9-14-12)18-6-2-4-10(18)5-3-7-19/h8-10,19H,2-7H2,1H3. The fraction of sp³-hybridized carbons (Fsp3) is 0.615. The molecule has 1 unspecified atom stereocenters. The highest BCUT2D eigenvalue weighted by molar-refractivity contribution is 5.86. The van der Waals surface area contributed by atoms with Crippen molar-refractivity contribution < 1.29 is 5.11 Å². The first-order valence-electron chi connectivity index (χ1n) is 6.81. The van der Waals surface area contributed by atoms with Gasteiger partial charge in [-0.2, -0.15) is 5.10 Å². The monoisotopic (exact) mass is 261 g/mol. The molecule has 3 rings (SSSR count). The number of fused-ring (bicyclic) bond motifs is 1. The molecule has 0 bridgehead atoms. The van der Waals surface area contributed by atoms with E-state index in [1.807, 2.05) is 13.2 Å². The van der Waals surface area contributed by atoms with Crippen LogP contribution in [0, 0.1) is 0 Å². The van der Waals surface area contributed by atoms with E-state index in [4.69, 9.17) is 5.11 Å². The van der Waals surface area contributed by atoms with Crippen LogP contribution in [0.25, 0.3) is 11.0 Å². The van der Waals surface area contributed by atoms with Crippen molar-refractivity contribution in [2.45, 2.75) is 31.7 Å². The third-order valence-electron chi connectivity index (χ3n) is 3.85. The molecule has 3 heterocycles. The van der Waals surface area contributed by atoms with E-state index >= 15 is 0 Å². The van der Waals surface area contributed by atoms with Gasteiger partial charge in [0.05, 0.1) is 11.6 Å². The average molecular weight is 261 g/mol. The lowest BCUT2D eigenvalue weighted by Gasteiger charge is -2.25. The van der Waals surface area contributed by atoms with Crippen LogP contribution in [-0.2, 0) is 7.05 Å². The molecule has 1 saturated heterocycles. The molecule has 2 aromatic rings. The molecule has 1 atom stereocenters. The number of hydrogen-bond acceptors (Lipinski definition) is 5. The minimum absolute atomic E-state index is 0.260. The van der Waals surface area contributed by atoms with Crippen LogP contribution in [0.2, 0.25) is 0 Å². The molecule has 1 fully saturated rings. The Bertz CT molecular complexity index is 567. The minimum Gasteiger partial charge on any atom is -0.396 e. The summed E-state index contributed by atoms with van der Waals surface area (Å²) in [6.45, 7) is 1.29. The Balaban J connectivity index is 1.94. The molecule has 0 spiro atoms. The molecule has 19 heavy (non-hydrogen) atoms. The molecule has 0 saturated carbocycles. The number of anilines is 1. The van der Waals surface area contributed by atoms with Crippen LogP contribution in [0.15, 0.2) is 12.5 Å². The van der Waals surface area contributed by atoms with E-state index in [0.29, 0.717) is 6.04 Å². The van der Waals surface area contributed by atoms with Crippen LogP contribution in [0.3, 0.4) is 0 Å². The van der Waals surface area contributed by atoms with Gasteiger partial charge in [-0.1, -0.05) is 0 Å². The topological polar surface area (TPSA) is 67.1 Å². The Hall–Kier alpha value is -1.69. The van der Waals surface area contributed by atoms with Crippen LogP contribution in [0.5, 0.6) is 0 Å². The number of rotatable bonds is 4. The highest BCUT2D eigenvalue weighted by atomic mass is 16.2. The molecule has 2 aromatic heterocycles. The second kappa shape index (κ2) is 5.13. The van der Waals surface area contributed by atoms with Crippen molar-refractivity contribution >= 4 is 16.9 Å². The van der Waals surface area contributed by atoms with E-state index < -0.39 is 0 Å². The van der Waals surface area contributed by atoms with Crippen molar-refractivity contribution in [2.24, 2.45) is 7.05 Å². The van der Waals surface area contributed by atoms with Crippen LogP contribution in [0.4, 0.5) is 5.82 Å². The molecule has 0 aliphatic carbocycles. The number of aromatic nitrogens is 4. The maximum absolute atomic E-state index is 9.00. The van der Waals surface area contributed by atoms with Crippen molar-refractivity contribution in [3.05, 3.63) is 12.5 Å². The first-order chi connectivity index (χ1) is 9.31. The Morgan fingerprint density at radius 3 is 3.16 bits per heavy atom. The third-order valence-corrected chi connectivity index (χ3v) is 3.85. The van der Waals surface area contributed by atoms with E-state index in [9.17, 15) is 0 Å². The first-order valence-corrected chi connectivity index (χ1v) is 6.81. The fourth-order valence-corrected chi connectivity index (χ4v) is 2.92. The molecule has 0 amide bonds. The summed E-state index contributed by atoms with van der Waals surface area (Å²) in [5, 5.41) is 14.3. The number of nitrogens with zero attached hydrogens (tertiary/aromatic N) is 5. The molecule has 6 nitrogen and oxygen atoms in total. The van der Waals surface area contributed by atoms with E-state index in [0.717, 1.165) is 36.2 Å². The van der Waals surface area contributed by atoms with Gasteiger partial charge in [0.25, 0.3) is 0 Å². The van der Waals surface area contributed by atoms with Gasteiger partial charge in [0, 0.05) is 26.2 Å². The van der Waals surface area contributed by atoms with Crippen LogP contribution >= 0.6 is 0 Å². The second-order valence-corrected chi connectivity index (χ2v) is 5.06. The highest BCUT2D eigenvalue weighted by Crippen LogP contribution is 2.30. The molecule has 6 heteroatoms. The van der Waals surface area contributed by atoms with Gasteiger partial charge in [-0.25, -0.2) is 9.97 Å². The summed E-state index contributed by atoms with van der Waals surface area (Å²) < 4.78 is 1.78. The number of aliphatic hydroxyl groups excluding tert-OH is 1. The average Bonchev–Trinajstić information content (AvgIpc) is 3.03. The summed E-state index contributed by atoms with van der Waals surface area (Å²) in [6.07, 6.45) is 7.67. The highest BCUT2D eigenvalue weighted by Gasteiger charge is 2.27. The van der Waals surface area contributed by atoms with E-state index in [2.05, 4.69) is 20.0 Å². The lowest BCUT2D eigenvalue weighted by atomic mass is 10.1. The van der Waals surface area contributed by atoms with Crippen molar-refractivity contribution in [3.8, 4) is 0 Å². The molecule has 0 aromatic carbocycles. The van der Waals surface area contributed by atoms with Gasteiger partial charge in [0.15, 0.2) is 5.65 Å². The summed E-state index contributed by atoms with van der Waals surface area (Å²) in [5.41, 5.74) is 0.873. The van der Waals surface area contributed by atoms with Crippen LogP contribution in [-0.4, -0.2) is 44.0 Å². The number of hydrogen-bond donors (Lipinski definition) is 1. The van der Waals surface area contributed by atoms with Crippen LogP contribution < -0.4 is 4.90 Å². The third kappa shape index (κ3) is 2.16. The smallest absolute Gasteiger partial charge is 0.163 e. The van der Waals surface area contributed by atoms with Crippen LogP contribution in [0.1, 0.15) is 25.7 Å². The maximum atomic E-state index is 9.00. The summed E-state index contributed by atoms with van der Waals surface area (Å²) in [6, 6.07) is 0.477. The lowest BCUT2D eigenvalue weighted by molar-refractivity contribution is 0.279. The fourth-order valence-electron chi connectivity index (χ4n) is 2.92. The van der Waals surface area contributed by atoms with E-state index in [-0.39, 0.29) is 6.61 Å². The van der Waals surface area contributed by atoms with Gasteiger partial charge in [-0.05, 0) is 25.7 Å². The predicted octanol–water partition coefficient (Wildman–Crippen LogP) is 1.10. The number of aliphatic hydroxyl groups is 1. The Labute approximate surface area is 112 Å². The quantitative estimate of drug-likeness (QED) is 0.893. The van der Waals surface area contributed by atoms with Crippen molar-refractivity contribution in [1.82, 2.24) is 19.7 Å². The normalized spacial score (nSPS) is 19.5. The predicted molar refractivity (Wildman–Crippen MR) is 73.0 cm³/mol. The summed E-state index contributed by atoms with van der Waals surface area (Å²) in [7, 11) is 1.90. The molecule has 1 aliphatic heterocycles. The van der Waals surface area contributed by atoms with Crippen molar-refractivity contribution in [2.75, 3.05) is 18.1 Å². The Kier molecular flexibility index (Phi) is 3.33. The zero-order valence-corrected chi connectivity index (χ0v) is 11.2.